The number of aryl methyl sites for hydroxylation is 2. The third-order valence-corrected chi connectivity index (χ3v) is 11.0. The number of halogens is 10. The first-order chi connectivity index (χ1) is 32.8. The van der Waals surface area contributed by atoms with Crippen LogP contribution in [0.15, 0.2) is 105 Å². The van der Waals surface area contributed by atoms with Crippen molar-refractivity contribution in [2.45, 2.75) is 65.0 Å². The molecule has 0 aliphatic rings. The second-order valence-electron chi connectivity index (χ2n) is 14.9. The molecule has 0 saturated carbocycles. The first-order valence-corrected chi connectivity index (χ1v) is 21.9. The number of amides is 4. The smallest absolute Gasteiger partial charge is 0.324 e. The maximum atomic E-state index is 13.7. The molecule has 4 amide bonds. The van der Waals surface area contributed by atoms with Crippen LogP contribution in [-0.4, -0.2) is 47.3 Å². The summed E-state index contributed by atoms with van der Waals surface area (Å²) >= 11 is 24.3. The summed E-state index contributed by atoms with van der Waals surface area (Å²) < 4.78 is 81.6. The molecule has 0 aromatic heterocycles. The molecule has 24 heteroatoms. The van der Waals surface area contributed by atoms with Crippen molar-refractivity contribution in [1.29, 1.82) is 0 Å². The molecular formula is C46H36Cl4F6N8O6. The summed E-state index contributed by atoms with van der Waals surface area (Å²) in [5, 5.41) is 24.9. The monoisotopic (exact) mass is 1050 g/mol. The molecule has 0 spiro atoms. The second kappa shape index (κ2) is 22.8. The highest BCUT2D eigenvalue weighted by Crippen LogP contribution is 2.39. The molecule has 0 saturated heterocycles. The average molecular weight is 1050 g/mol. The van der Waals surface area contributed by atoms with Crippen molar-refractivity contribution in [3.8, 4) is 0 Å². The van der Waals surface area contributed by atoms with E-state index in [1.807, 2.05) is 0 Å². The Morgan fingerprint density at radius 3 is 1.27 bits per heavy atom. The number of azo groups is 2. The van der Waals surface area contributed by atoms with Gasteiger partial charge in [0, 0.05) is 32.5 Å². The van der Waals surface area contributed by atoms with E-state index in [0.717, 1.165) is 50.2 Å². The van der Waals surface area contributed by atoms with E-state index >= 15 is 0 Å². The lowest BCUT2D eigenvalue weighted by molar-refractivity contribution is -0.137. The summed E-state index contributed by atoms with van der Waals surface area (Å²) in [5.41, 5.74) is -3.01. The van der Waals surface area contributed by atoms with Crippen LogP contribution in [0.5, 0.6) is 0 Å². The van der Waals surface area contributed by atoms with Gasteiger partial charge in [0.25, 0.3) is 23.6 Å². The summed E-state index contributed by atoms with van der Waals surface area (Å²) in [7, 11) is 0. The molecule has 14 nitrogen and oxygen atoms in total. The summed E-state index contributed by atoms with van der Waals surface area (Å²) in [4.78, 5) is 78.7. The molecule has 0 fully saturated rings. The Bertz CT molecular complexity index is 2940. The van der Waals surface area contributed by atoms with Crippen molar-refractivity contribution < 1.29 is 55.1 Å². The molecule has 2 unspecified atom stereocenters. The Kier molecular flexibility index (Phi) is 17.6. The number of carbonyl (C=O) groups is 6. The Morgan fingerprint density at radius 2 is 0.914 bits per heavy atom. The predicted molar refractivity (Wildman–Crippen MR) is 252 cm³/mol. The number of anilines is 4. The number of rotatable bonds is 16. The molecule has 5 rings (SSSR count). The van der Waals surface area contributed by atoms with E-state index in [0.29, 0.717) is 23.3 Å². The molecular weight excluding hydrogens is 1020 g/mol. The number of benzene rings is 5. The molecule has 0 heterocycles. The van der Waals surface area contributed by atoms with Crippen molar-refractivity contribution >= 4 is 116 Å². The molecule has 0 radical (unpaired) electrons. The Labute approximate surface area is 414 Å². The van der Waals surface area contributed by atoms with E-state index < -0.39 is 82.1 Å². The molecule has 0 bridgehead atoms. The Balaban J connectivity index is 1.33. The van der Waals surface area contributed by atoms with Gasteiger partial charge in [0.1, 0.15) is 11.4 Å². The fourth-order valence-electron chi connectivity index (χ4n) is 6.42. The van der Waals surface area contributed by atoms with Gasteiger partial charge in [0.15, 0.2) is 11.6 Å². The van der Waals surface area contributed by atoms with Gasteiger partial charge in [-0.2, -0.15) is 46.8 Å². The van der Waals surface area contributed by atoms with E-state index in [1.54, 1.807) is 13.8 Å². The van der Waals surface area contributed by atoms with Crippen LogP contribution in [0.2, 0.25) is 20.1 Å². The largest absolute Gasteiger partial charge is 0.418 e. The van der Waals surface area contributed by atoms with Gasteiger partial charge in [-0.15, -0.1) is 0 Å². The standard InChI is InChI=1S/C46H36Cl4F6N8O6/c1-5-23-15-29(57-43(69)38(21(3)65)63-61-36-17-25(7-13-32(36)49)41(67)58-34-19-27(47)9-11-30(34)45(51,52)53)16-24(6-2)40(23)60-44(70)39(22(4)66)64-62-37-18-26(8-14-33(37)50)42(68)59-35-20-28(48)10-12-31(35)46(54,55)56/h7-20,38-39H,5-6H2,1-4H3,(H,57,69)(H,58,67)(H,59,68)(H,60,70). The molecule has 0 aliphatic carbocycles. The normalized spacial score (nSPS) is 12.7. The number of Topliss-reactive ketones (excluding diaryl/α,β-unsaturated/α-hetero) is 2. The summed E-state index contributed by atoms with van der Waals surface area (Å²) in [5.74, 6) is -5.40. The zero-order chi connectivity index (χ0) is 51.8. The molecule has 70 heavy (non-hydrogen) atoms. The quantitative estimate of drug-likeness (QED) is 0.0430. The minimum Gasteiger partial charge on any atom is -0.324 e. The van der Waals surface area contributed by atoms with Gasteiger partial charge < -0.3 is 21.3 Å². The Hall–Kier alpha value is -6.74. The van der Waals surface area contributed by atoms with E-state index in [9.17, 15) is 55.1 Å². The van der Waals surface area contributed by atoms with Gasteiger partial charge in [-0.25, -0.2) is 0 Å². The van der Waals surface area contributed by atoms with Crippen LogP contribution in [0.25, 0.3) is 0 Å². The van der Waals surface area contributed by atoms with Crippen molar-refractivity contribution in [2.75, 3.05) is 21.3 Å². The minimum atomic E-state index is -4.82. The fraction of sp³-hybridized carbons (Fsp3) is 0.217. The average Bonchev–Trinajstić information content (AvgIpc) is 3.26. The zero-order valence-corrected chi connectivity index (χ0v) is 39.7. The summed E-state index contributed by atoms with van der Waals surface area (Å²) in [6.45, 7) is 5.60. The topological polar surface area (TPSA) is 200 Å². The van der Waals surface area contributed by atoms with Gasteiger partial charge >= 0.3 is 12.4 Å². The zero-order valence-electron chi connectivity index (χ0n) is 36.7. The highest BCUT2D eigenvalue weighted by molar-refractivity contribution is 6.34. The van der Waals surface area contributed by atoms with Crippen molar-refractivity contribution in [3.05, 3.63) is 138 Å². The van der Waals surface area contributed by atoms with Gasteiger partial charge in [0.2, 0.25) is 12.1 Å². The maximum absolute atomic E-state index is 13.7. The van der Waals surface area contributed by atoms with Crippen LogP contribution in [0.4, 0.5) is 60.5 Å². The van der Waals surface area contributed by atoms with E-state index in [-0.39, 0.29) is 66.8 Å². The third-order valence-electron chi connectivity index (χ3n) is 9.90. The summed E-state index contributed by atoms with van der Waals surface area (Å²) in [6, 6.07) is 11.7. The van der Waals surface area contributed by atoms with Crippen molar-refractivity contribution in [1.82, 2.24) is 0 Å². The molecule has 2 atom stereocenters. The third kappa shape index (κ3) is 13.7. The van der Waals surface area contributed by atoms with Crippen LogP contribution in [0.1, 0.15) is 70.7 Å². The van der Waals surface area contributed by atoms with E-state index in [4.69, 9.17) is 46.4 Å². The highest BCUT2D eigenvalue weighted by atomic mass is 35.5. The molecule has 5 aromatic carbocycles. The maximum Gasteiger partial charge on any atom is 0.418 e. The number of carbonyl (C=O) groups excluding carboxylic acids is 6. The number of hydrogen-bond acceptors (Lipinski definition) is 10. The first-order valence-electron chi connectivity index (χ1n) is 20.4. The molecule has 0 aliphatic heterocycles. The Morgan fingerprint density at radius 1 is 0.529 bits per heavy atom. The second-order valence-corrected chi connectivity index (χ2v) is 16.6. The molecule has 366 valence electrons. The molecule has 4 N–H and O–H groups in total. The van der Waals surface area contributed by atoms with Gasteiger partial charge in [-0.1, -0.05) is 60.3 Å². The number of nitrogens with zero attached hydrogens (tertiary/aromatic N) is 4. The minimum absolute atomic E-state index is 0.0729. The van der Waals surface area contributed by atoms with Crippen molar-refractivity contribution in [3.63, 3.8) is 0 Å². The predicted octanol–water partition coefficient (Wildman–Crippen LogP) is 13.3. The van der Waals surface area contributed by atoms with Crippen LogP contribution in [0.3, 0.4) is 0 Å². The van der Waals surface area contributed by atoms with E-state index in [1.165, 1.54) is 36.4 Å². The lowest BCUT2D eigenvalue weighted by Gasteiger charge is -2.19. The van der Waals surface area contributed by atoms with Crippen LogP contribution < -0.4 is 21.3 Å². The lowest BCUT2D eigenvalue weighted by Crippen LogP contribution is -2.33. The summed E-state index contributed by atoms with van der Waals surface area (Å²) in [6.07, 6.45) is -9.12. The number of ketones is 2. The van der Waals surface area contributed by atoms with Gasteiger partial charge in [0.05, 0.1) is 32.5 Å². The highest BCUT2D eigenvalue weighted by Gasteiger charge is 2.35. The SMILES string of the molecule is CCc1cc(NC(=O)C(N=Nc2cc(C(=O)Nc3cc(Cl)ccc3C(F)(F)F)ccc2Cl)C(C)=O)cc(CC)c1NC(=O)C(N=Nc1cc(C(=O)Nc2cc(Cl)ccc2C(F)(F)F)ccc1Cl)C(C)=O. The van der Waals surface area contributed by atoms with Crippen LogP contribution in [0, 0.1) is 0 Å². The van der Waals surface area contributed by atoms with Gasteiger partial charge in [-0.05, 0) is 123 Å². The number of nitrogens with one attached hydrogen (secondary N) is 4. The lowest BCUT2D eigenvalue weighted by atomic mass is 10.0. The van der Waals surface area contributed by atoms with Crippen LogP contribution in [-0.2, 0) is 44.4 Å². The molecule has 5 aromatic rings. The number of hydrogen-bond donors (Lipinski definition) is 4. The fourth-order valence-corrected chi connectivity index (χ4v) is 7.08. The van der Waals surface area contributed by atoms with E-state index in [2.05, 4.69) is 41.7 Å². The number of alkyl halides is 6. The van der Waals surface area contributed by atoms with Crippen LogP contribution >= 0.6 is 46.4 Å². The van der Waals surface area contributed by atoms with Crippen molar-refractivity contribution in [2.24, 2.45) is 20.5 Å². The van der Waals surface area contributed by atoms with Gasteiger partial charge in [-0.3, -0.25) is 28.8 Å². The first kappa shape index (κ1) is 54.2.